The van der Waals surface area contributed by atoms with E-state index in [-0.39, 0.29) is 23.9 Å². The smallest absolute Gasteiger partial charge is 0.305 e. The summed E-state index contributed by atoms with van der Waals surface area (Å²) in [7, 11) is 0. The molecule has 0 saturated heterocycles. The van der Waals surface area contributed by atoms with Gasteiger partial charge in [-0.1, -0.05) is 24.3 Å². The van der Waals surface area contributed by atoms with Gasteiger partial charge in [0.15, 0.2) is 0 Å². The summed E-state index contributed by atoms with van der Waals surface area (Å²) in [5.74, 6) is -2.12. The number of rotatable bonds is 9. The topological polar surface area (TPSA) is 121 Å². The minimum absolute atomic E-state index is 0.0439. The van der Waals surface area contributed by atoms with Gasteiger partial charge in [0, 0.05) is 12.0 Å². The lowest BCUT2D eigenvalue weighted by Crippen LogP contribution is -2.23. The van der Waals surface area contributed by atoms with E-state index in [9.17, 15) is 23.8 Å². The number of carboxylic acid groups (broad SMARTS) is 1. The molecule has 3 N–H and O–H groups in total. The van der Waals surface area contributed by atoms with Crippen LogP contribution in [-0.2, 0) is 4.79 Å². The largest absolute Gasteiger partial charge is 0.481 e. The van der Waals surface area contributed by atoms with E-state index in [1.807, 2.05) is 13.8 Å². The minimum Gasteiger partial charge on any atom is -0.481 e. The molecule has 2 unspecified atom stereocenters. The molecule has 8 nitrogen and oxygen atoms in total. The van der Waals surface area contributed by atoms with E-state index in [1.54, 1.807) is 0 Å². The highest BCUT2D eigenvalue weighted by atomic mass is 19.1. The number of carbonyl (C=O) groups is 1. The molecule has 2 aromatic carbocycles. The fourth-order valence-electron chi connectivity index (χ4n) is 3.35. The zero-order valence-electron chi connectivity index (χ0n) is 18.1. The van der Waals surface area contributed by atoms with Gasteiger partial charge in [0.05, 0.1) is 24.7 Å². The molecule has 33 heavy (non-hydrogen) atoms. The first-order valence-corrected chi connectivity index (χ1v) is 10.3. The van der Waals surface area contributed by atoms with Gasteiger partial charge in [-0.15, -0.1) is 10.2 Å². The van der Waals surface area contributed by atoms with Crippen molar-refractivity contribution in [3.8, 4) is 0 Å². The Morgan fingerprint density at radius 1 is 0.970 bits per heavy atom. The molecule has 0 saturated carbocycles. The maximum absolute atomic E-state index is 13.6. The summed E-state index contributed by atoms with van der Waals surface area (Å²) >= 11 is 0. The third-order valence-corrected chi connectivity index (χ3v) is 4.90. The average molecular weight is 458 g/mol. The molecule has 0 amide bonds. The highest BCUT2D eigenvalue weighted by Gasteiger charge is 2.27. The van der Waals surface area contributed by atoms with Gasteiger partial charge >= 0.3 is 5.97 Å². The number of hydrogen-bond donors (Lipinski definition) is 3. The van der Waals surface area contributed by atoms with Crippen molar-refractivity contribution in [1.29, 1.82) is 0 Å². The van der Waals surface area contributed by atoms with Crippen molar-refractivity contribution in [2.75, 3.05) is 0 Å². The van der Waals surface area contributed by atoms with Gasteiger partial charge in [-0.25, -0.2) is 8.78 Å². The standard InChI is InChI=1S/C23H24F2N4O4/c1-13(2)29-27-23(26-28-29)22(19(31)11-18(30)12-20(32)33)21(14-3-7-16(24)8-4-14)15-5-9-17(25)10-6-15/h3-10,13,18-19,30-31H,11-12H2,1-2H3,(H,32,33). The Labute approximate surface area is 188 Å². The highest BCUT2D eigenvalue weighted by Crippen LogP contribution is 2.35. The molecule has 0 aliphatic heterocycles. The zero-order valence-corrected chi connectivity index (χ0v) is 18.1. The number of benzene rings is 2. The second-order valence-electron chi connectivity index (χ2n) is 7.83. The first-order valence-electron chi connectivity index (χ1n) is 10.3. The molecule has 10 heteroatoms. The van der Waals surface area contributed by atoms with Crippen LogP contribution in [0.2, 0.25) is 0 Å². The van der Waals surface area contributed by atoms with Crippen LogP contribution in [0.1, 0.15) is 49.7 Å². The molecule has 0 aliphatic rings. The second kappa shape index (κ2) is 10.4. The Morgan fingerprint density at radius 3 is 1.91 bits per heavy atom. The van der Waals surface area contributed by atoms with E-state index in [1.165, 1.54) is 53.3 Å². The first-order chi connectivity index (χ1) is 15.7. The van der Waals surface area contributed by atoms with Crippen molar-refractivity contribution in [3.05, 3.63) is 77.1 Å². The van der Waals surface area contributed by atoms with Gasteiger partial charge in [0.25, 0.3) is 0 Å². The van der Waals surface area contributed by atoms with Gasteiger partial charge < -0.3 is 15.3 Å². The summed E-state index contributed by atoms with van der Waals surface area (Å²) in [6.07, 6.45) is -3.66. The molecular weight excluding hydrogens is 434 g/mol. The summed E-state index contributed by atoms with van der Waals surface area (Å²) in [6, 6.07) is 10.8. The molecule has 1 aromatic heterocycles. The number of aromatic nitrogens is 4. The summed E-state index contributed by atoms with van der Waals surface area (Å²) in [6.45, 7) is 3.67. The molecule has 1 heterocycles. The van der Waals surface area contributed by atoms with Gasteiger partial charge in [-0.2, -0.15) is 4.80 Å². The lowest BCUT2D eigenvalue weighted by molar-refractivity contribution is -0.139. The Bertz CT molecular complexity index is 1080. The zero-order chi connectivity index (χ0) is 24.1. The molecule has 0 aliphatic carbocycles. The average Bonchev–Trinajstić information content (AvgIpc) is 3.23. The van der Waals surface area contributed by atoms with Crippen LogP contribution in [0, 0.1) is 11.6 Å². The second-order valence-corrected chi connectivity index (χ2v) is 7.83. The number of nitrogens with zero attached hydrogens (tertiary/aromatic N) is 4. The number of tetrazole rings is 1. The molecule has 0 radical (unpaired) electrons. The number of carboxylic acids is 1. The Hall–Kier alpha value is -3.50. The highest BCUT2D eigenvalue weighted by molar-refractivity contribution is 5.98. The van der Waals surface area contributed by atoms with Gasteiger partial charge in [0.2, 0.25) is 5.82 Å². The van der Waals surface area contributed by atoms with Crippen molar-refractivity contribution >= 4 is 17.1 Å². The molecule has 2 atom stereocenters. The van der Waals surface area contributed by atoms with Crippen molar-refractivity contribution in [2.45, 2.75) is 44.9 Å². The summed E-state index contributed by atoms with van der Waals surface area (Å²) in [5, 5.41) is 42.6. The Balaban J connectivity index is 2.25. The van der Waals surface area contributed by atoms with Crippen LogP contribution in [0.25, 0.3) is 11.1 Å². The van der Waals surface area contributed by atoms with E-state index >= 15 is 0 Å². The van der Waals surface area contributed by atoms with Crippen molar-refractivity contribution in [1.82, 2.24) is 20.2 Å². The van der Waals surface area contributed by atoms with Crippen molar-refractivity contribution in [3.63, 3.8) is 0 Å². The van der Waals surface area contributed by atoms with Crippen LogP contribution in [-0.4, -0.2) is 53.7 Å². The summed E-state index contributed by atoms with van der Waals surface area (Å²) < 4.78 is 27.3. The normalized spacial score (nSPS) is 13.1. The van der Waals surface area contributed by atoms with Crippen LogP contribution in [0.15, 0.2) is 48.5 Å². The molecule has 0 bridgehead atoms. The van der Waals surface area contributed by atoms with Crippen molar-refractivity contribution in [2.24, 2.45) is 0 Å². The van der Waals surface area contributed by atoms with Crippen LogP contribution in [0.4, 0.5) is 8.78 Å². The van der Waals surface area contributed by atoms with E-state index in [0.29, 0.717) is 16.7 Å². The molecule has 174 valence electrons. The third kappa shape index (κ3) is 6.05. The summed E-state index contributed by atoms with van der Waals surface area (Å²) in [5.41, 5.74) is 1.47. The van der Waals surface area contributed by atoms with Gasteiger partial charge in [0.1, 0.15) is 11.6 Å². The van der Waals surface area contributed by atoms with Crippen LogP contribution in [0.5, 0.6) is 0 Å². The van der Waals surface area contributed by atoms with Crippen LogP contribution >= 0.6 is 0 Å². The number of aliphatic hydroxyl groups is 2. The number of aliphatic carboxylic acids is 1. The van der Waals surface area contributed by atoms with Gasteiger partial charge in [-0.3, -0.25) is 4.79 Å². The number of halogens is 2. The van der Waals surface area contributed by atoms with Crippen molar-refractivity contribution < 1.29 is 28.9 Å². The number of aliphatic hydroxyl groups excluding tert-OH is 2. The molecular formula is C23H24F2N4O4. The predicted molar refractivity (Wildman–Crippen MR) is 116 cm³/mol. The fourth-order valence-corrected chi connectivity index (χ4v) is 3.35. The fraction of sp³-hybridized carbons (Fsp3) is 0.304. The van der Waals surface area contributed by atoms with Crippen LogP contribution < -0.4 is 0 Å². The summed E-state index contributed by atoms with van der Waals surface area (Å²) in [4.78, 5) is 12.3. The van der Waals surface area contributed by atoms with Crippen LogP contribution in [0.3, 0.4) is 0 Å². The minimum atomic E-state index is -1.41. The first kappa shape index (κ1) is 24.1. The number of hydrogen-bond acceptors (Lipinski definition) is 6. The third-order valence-electron chi connectivity index (χ3n) is 4.90. The maximum atomic E-state index is 13.6. The Morgan fingerprint density at radius 2 is 1.48 bits per heavy atom. The van der Waals surface area contributed by atoms with E-state index in [2.05, 4.69) is 15.4 Å². The predicted octanol–water partition coefficient (Wildman–Crippen LogP) is 3.08. The Kier molecular flexibility index (Phi) is 7.62. The van der Waals surface area contributed by atoms with E-state index in [4.69, 9.17) is 5.11 Å². The van der Waals surface area contributed by atoms with E-state index in [0.717, 1.165) is 0 Å². The monoisotopic (exact) mass is 458 g/mol. The SMILES string of the molecule is CC(C)n1nnc(C(=C(c2ccc(F)cc2)c2ccc(F)cc2)C(O)CC(O)CC(=O)O)n1. The quantitative estimate of drug-likeness (QED) is 0.451. The van der Waals surface area contributed by atoms with Gasteiger partial charge in [-0.05, 0) is 60.0 Å². The lowest BCUT2D eigenvalue weighted by atomic mass is 9.88. The molecule has 0 fully saturated rings. The van der Waals surface area contributed by atoms with E-state index < -0.39 is 36.2 Å². The molecule has 0 spiro atoms. The lowest BCUT2D eigenvalue weighted by Gasteiger charge is -2.21. The molecule has 3 aromatic rings. The molecule has 3 rings (SSSR count). The maximum Gasteiger partial charge on any atom is 0.305 e.